The van der Waals surface area contributed by atoms with Crippen LogP contribution < -0.4 is 0 Å². The van der Waals surface area contributed by atoms with Gasteiger partial charge in [-0.25, -0.2) is 0 Å². The van der Waals surface area contributed by atoms with Crippen molar-refractivity contribution in [2.24, 2.45) is 0 Å². The van der Waals surface area contributed by atoms with E-state index in [1.54, 1.807) is 11.1 Å². The van der Waals surface area contributed by atoms with Gasteiger partial charge in [0.05, 0.1) is 17.9 Å². The second-order valence-electron chi connectivity index (χ2n) is 3.96. The number of hydrogen-bond acceptors (Lipinski definition) is 3. The molecule has 1 fully saturated rings. The minimum absolute atomic E-state index is 0.0417. The Morgan fingerprint density at radius 3 is 3.13 bits per heavy atom. The number of H-pyrrole nitrogens is 1. The van der Waals surface area contributed by atoms with E-state index in [-0.39, 0.29) is 12.0 Å². The molecule has 1 amide bonds. The van der Waals surface area contributed by atoms with E-state index in [0.29, 0.717) is 12.1 Å². The third-order valence-corrected chi connectivity index (χ3v) is 2.74. The summed E-state index contributed by atoms with van der Waals surface area (Å²) in [5.41, 5.74) is 1.38. The molecule has 1 aliphatic heterocycles. The first-order valence-electron chi connectivity index (χ1n) is 5.16. The zero-order chi connectivity index (χ0) is 10.8. The molecular formula is C10H15N3O2. The van der Waals surface area contributed by atoms with Crippen LogP contribution in [0.15, 0.2) is 6.20 Å². The number of β-amino-alcohol motifs (C(OH)–C–C–N with tert-alkyl or cyclic N) is 1. The van der Waals surface area contributed by atoms with E-state index in [9.17, 15) is 9.90 Å². The van der Waals surface area contributed by atoms with Crippen LogP contribution in [0.1, 0.15) is 28.9 Å². The first-order chi connectivity index (χ1) is 7.18. The van der Waals surface area contributed by atoms with Gasteiger partial charge in [0.2, 0.25) is 0 Å². The van der Waals surface area contributed by atoms with E-state index in [1.165, 1.54) is 0 Å². The average Bonchev–Trinajstić information content (AvgIpc) is 2.63. The highest BCUT2D eigenvalue weighted by atomic mass is 16.3. The zero-order valence-corrected chi connectivity index (χ0v) is 8.73. The van der Waals surface area contributed by atoms with Crippen LogP contribution in [-0.2, 0) is 0 Å². The molecule has 2 rings (SSSR count). The fourth-order valence-electron chi connectivity index (χ4n) is 1.88. The van der Waals surface area contributed by atoms with Crippen LogP contribution in [0.2, 0.25) is 0 Å². The smallest absolute Gasteiger partial charge is 0.257 e. The summed E-state index contributed by atoms with van der Waals surface area (Å²) in [5.74, 6) is -0.0417. The maximum absolute atomic E-state index is 12.0. The van der Waals surface area contributed by atoms with E-state index in [1.807, 2.05) is 6.92 Å². The number of aromatic nitrogens is 2. The monoisotopic (exact) mass is 209 g/mol. The summed E-state index contributed by atoms with van der Waals surface area (Å²) in [6.07, 6.45) is 2.81. The van der Waals surface area contributed by atoms with Crippen LogP contribution in [0.4, 0.5) is 0 Å². The Morgan fingerprint density at radius 1 is 1.73 bits per heavy atom. The molecule has 5 heteroatoms. The van der Waals surface area contributed by atoms with E-state index < -0.39 is 0 Å². The molecule has 1 atom stereocenters. The van der Waals surface area contributed by atoms with Crippen molar-refractivity contribution >= 4 is 5.91 Å². The third-order valence-electron chi connectivity index (χ3n) is 2.74. The molecule has 0 radical (unpaired) electrons. The lowest BCUT2D eigenvalue weighted by atomic mass is 10.1. The lowest BCUT2D eigenvalue weighted by molar-refractivity contribution is 0.0473. The van der Waals surface area contributed by atoms with E-state index in [4.69, 9.17) is 0 Å². The van der Waals surface area contributed by atoms with Gasteiger partial charge >= 0.3 is 0 Å². The summed E-state index contributed by atoms with van der Waals surface area (Å²) in [4.78, 5) is 13.7. The zero-order valence-electron chi connectivity index (χ0n) is 8.73. The van der Waals surface area contributed by atoms with Gasteiger partial charge in [0, 0.05) is 18.8 Å². The van der Waals surface area contributed by atoms with Crippen LogP contribution in [0, 0.1) is 6.92 Å². The maximum atomic E-state index is 12.0. The molecule has 5 nitrogen and oxygen atoms in total. The molecule has 0 aliphatic carbocycles. The number of aryl methyl sites for hydroxylation is 1. The fourth-order valence-corrected chi connectivity index (χ4v) is 1.88. The average molecular weight is 209 g/mol. The first kappa shape index (κ1) is 10.2. The molecule has 2 heterocycles. The molecule has 0 bridgehead atoms. The predicted molar refractivity (Wildman–Crippen MR) is 54.5 cm³/mol. The molecule has 1 aromatic heterocycles. The number of amides is 1. The minimum atomic E-state index is -0.380. The number of likely N-dealkylation sites (tertiary alicyclic amines) is 1. The van der Waals surface area contributed by atoms with Gasteiger partial charge in [-0.3, -0.25) is 9.89 Å². The van der Waals surface area contributed by atoms with E-state index in [0.717, 1.165) is 25.1 Å². The number of aliphatic hydroxyl groups is 1. The molecule has 0 saturated carbocycles. The maximum Gasteiger partial charge on any atom is 0.257 e. The van der Waals surface area contributed by atoms with Gasteiger partial charge in [-0.05, 0) is 19.8 Å². The summed E-state index contributed by atoms with van der Waals surface area (Å²) < 4.78 is 0. The number of aliphatic hydroxyl groups excluding tert-OH is 1. The SMILES string of the molecule is Cc1[nH]ncc1C(=O)N1CCC[C@H](O)C1. The van der Waals surface area contributed by atoms with Gasteiger partial charge in [0.25, 0.3) is 5.91 Å². The van der Waals surface area contributed by atoms with Crippen LogP contribution in [0.3, 0.4) is 0 Å². The van der Waals surface area contributed by atoms with E-state index >= 15 is 0 Å². The molecular weight excluding hydrogens is 194 g/mol. The molecule has 15 heavy (non-hydrogen) atoms. The van der Waals surface area contributed by atoms with E-state index in [2.05, 4.69) is 10.2 Å². The normalized spacial score (nSPS) is 21.7. The minimum Gasteiger partial charge on any atom is -0.391 e. The summed E-state index contributed by atoms with van der Waals surface area (Å²) in [7, 11) is 0. The number of aromatic amines is 1. The first-order valence-corrected chi connectivity index (χ1v) is 5.16. The third kappa shape index (κ3) is 2.02. The van der Waals surface area contributed by atoms with Gasteiger partial charge in [0.15, 0.2) is 0 Å². The molecule has 0 aromatic carbocycles. The van der Waals surface area contributed by atoms with Crippen LogP contribution in [0.5, 0.6) is 0 Å². The molecule has 1 aromatic rings. The fraction of sp³-hybridized carbons (Fsp3) is 0.600. The highest BCUT2D eigenvalue weighted by Crippen LogP contribution is 2.14. The van der Waals surface area contributed by atoms with Crippen LogP contribution in [-0.4, -0.2) is 45.3 Å². The summed E-state index contributed by atoms with van der Waals surface area (Å²) in [6.45, 7) is 2.98. The number of hydrogen-bond donors (Lipinski definition) is 2. The standard InChI is InChI=1S/C10H15N3O2/c1-7-9(5-11-12-7)10(15)13-4-2-3-8(14)6-13/h5,8,14H,2-4,6H2,1H3,(H,11,12)/t8-/m0/s1. The largest absolute Gasteiger partial charge is 0.391 e. The second kappa shape index (κ2) is 4.02. The molecule has 1 saturated heterocycles. The number of rotatable bonds is 1. The van der Waals surface area contributed by atoms with Crippen LogP contribution in [0.25, 0.3) is 0 Å². The van der Waals surface area contributed by atoms with Gasteiger partial charge in [-0.2, -0.15) is 5.10 Å². The summed E-state index contributed by atoms with van der Waals surface area (Å²) >= 11 is 0. The van der Waals surface area contributed by atoms with Crippen molar-refractivity contribution in [1.82, 2.24) is 15.1 Å². The Morgan fingerprint density at radius 2 is 2.53 bits per heavy atom. The number of carbonyl (C=O) groups excluding carboxylic acids is 1. The molecule has 0 unspecified atom stereocenters. The van der Waals surface area contributed by atoms with Crippen molar-refractivity contribution in [2.75, 3.05) is 13.1 Å². The van der Waals surface area contributed by atoms with Crippen molar-refractivity contribution in [1.29, 1.82) is 0 Å². The van der Waals surface area contributed by atoms with Crippen molar-refractivity contribution in [2.45, 2.75) is 25.9 Å². The molecule has 1 aliphatic rings. The van der Waals surface area contributed by atoms with Gasteiger partial charge in [-0.1, -0.05) is 0 Å². The number of nitrogens with zero attached hydrogens (tertiary/aromatic N) is 2. The van der Waals surface area contributed by atoms with Gasteiger partial charge < -0.3 is 10.0 Å². The lowest BCUT2D eigenvalue weighted by Crippen LogP contribution is -2.42. The Balaban J connectivity index is 2.11. The topological polar surface area (TPSA) is 69.2 Å². The number of carbonyl (C=O) groups is 1. The van der Waals surface area contributed by atoms with Crippen molar-refractivity contribution < 1.29 is 9.90 Å². The Labute approximate surface area is 88.1 Å². The van der Waals surface area contributed by atoms with Gasteiger partial charge in [0.1, 0.15) is 0 Å². The molecule has 0 spiro atoms. The summed E-state index contributed by atoms with van der Waals surface area (Å²) in [6, 6.07) is 0. The van der Waals surface area contributed by atoms with Crippen molar-refractivity contribution in [3.8, 4) is 0 Å². The highest BCUT2D eigenvalue weighted by Gasteiger charge is 2.24. The number of nitrogens with one attached hydrogen (secondary N) is 1. The molecule has 82 valence electrons. The van der Waals surface area contributed by atoms with Crippen molar-refractivity contribution in [3.05, 3.63) is 17.5 Å². The quantitative estimate of drug-likeness (QED) is 0.699. The Kier molecular flexibility index (Phi) is 2.73. The molecule has 2 N–H and O–H groups in total. The van der Waals surface area contributed by atoms with Gasteiger partial charge in [-0.15, -0.1) is 0 Å². The highest BCUT2D eigenvalue weighted by molar-refractivity contribution is 5.95. The Bertz CT molecular complexity index is 361. The number of piperidine rings is 1. The summed E-state index contributed by atoms with van der Waals surface area (Å²) in [5, 5.41) is 16.0. The van der Waals surface area contributed by atoms with Crippen LogP contribution >= 0.6 is 0 Å². The second-order valence-corrected chi connectivity index (χ2v) is 3.96. The Hall–Kier alpha value is -1.36. The van der Waals surface area contributed by atoms with Crippen molar-refractivity contribution in [3.63, 3.8) is 0 Å². The lowest BCUT2D eigenvalue weighted by Gasteiger charge is -2.29. The predicted octanol–water partition coefficient (Wildman–Crippen LogP) is 0.315.